The summed E-state index contributed by atoms with van der Waals surface area (Å²) in [5.74, 6) is -2.43. The maximum atomic E-state index is 11.7. The van der Waals surface area contributed by atoms with Gasteiger partial charge in [-0.15, -0.1) is 5.11 Å². The van der Waals surface area contributed by atoms with E-state index < -0.39 is 23.0 Å². The molecule has 3 N–H and O–H groups in total. The van der Waals surface area contributed by atoms with Crippen LogP contribution >= 0.6 is 0 Å². The van der Waals surface area contributed by atoms with Crippen LogP contribution in [0.15, 0.2) is 10.3 Å². The smallest absolute Gasteiger partial charge is 0.336 e. The first-order valence-corrected chi connectivity index (χ1v) is 6.62. The number of carboxylic acid groups (broad SMARTS) is 2. The van der Waals surface area contributed by atoms with Crippen molar-refractivity contribution in [2.45, 2.75) is 63.5 Å². The molecule has 1 aliphatic rings. The van der Waals surface area contributed by atoms with Crippen molar-refractivity contribution in [1.29, 1.82) is 0 Å². The minimum atomic E-state index is -1.70. The average Bonchev–Trinajstić information content (AvgIpc) is 2.75. The lowest BCUT2D eigenvalue weighted by atomic mass is 9.71. The highest BCUT2D eigenvalue weighted by atomic mass is 16.4. The van der Waals surface area contributed by atoms with Crippen LogP contribution in [0.2, 0.25) is 0 Å². The van der Waals surface area contributed by atoms with Gasteiger partial charge in [0.1, 0.15) is 0 Å². The van der Waals surface area contributed by atoms with Crippen LogP contribution in [0.4, 0.5) is 0 Å². The fraction of sp³-hybridized carbons (Fsp3) is 0.833. The number of nitrogens with zero attached hydrogens (tertiary/aromatic N) is 2. The van der Waals surface area contributed by atoms with E-state index in [2.05, 4.69) is 15.8 Å². The molecule has 0 saturated heterocycles. The summed E-state index contributed by atoms with van der Waals surface area (Å²) in [6, 6.07) is 0. The summed E-state index contributed by atoms with van der Waals surface area (Å²) in [7, 11) is 0. The largest absolute Gasteiger partial charge is 0.479 e. The Kier molecular flexibility index (Phi) is 4.85. The molecule has 0 saturated carbocycles. The van der Waals surface area contributed by atoms with Gasteiger partial charge in [-0.25, -0.2) is 9.59 Å². The van der Waals surface area contributed by atoms with Crippen molar-refractivity contribution in [2.75, 3.05) is 0 Å². The number of carboxylic acids is 2. The Hall–Kier alpha value is -1.66. The predicted octanol–water partition coefficient (Wildman–Crippen LogP) is 1.98. The van der Waals surface area contributed by atoms with Gasteiger partial charge in [0, 0.05) is 0 Å². The van der Waals surface area contributed by atoms with Crippen LogP contribution in [0.5, 0.6) is 0 Å². The van der Waals surface area contributed by atoms with Crippen molar-refractivity contribution in [2.24, 2.45) is 10.3 Å². The quantitative estimate of drug-likeness (QED) is 0.625. The van der Waals surface area contributed by atoms with Crippen molar-refractivity contribution < 1.29 is 19.8 Å². The van der Waals surface area contributed by atoms with Crippen LogP contribution in [0, 0.1) is 0 Å². The summed E-state index contributed by atoms with van der Waals surface area (Å²) in [6.45, 7) is 3.84. The lowest BCUT2D eigenvalue weighted by Crippen LogP contribution is -2.65. The summed E-state index contributed by atoms with van der Waals surface area (Å²) < 4.78 is 0. The third-order valence-electron chi connectivity index (χ3n) is 3.68. The molecule has 7 nitrogen and oxygen atoms in total. The number of aliphatic carboxylic acids is 2. The Labute approximate surface area is 112 Å². The highest BCUT2D eigenvalue weighted by molar-refractivity contribution is 5.93. The van der Waals surface area contributed by atoms with Crippen LogP contribution in [-0.4, -0.2) is 33.2 Å². The van der Waals surface area contributed by atoms with Gasteiger partial charge >= 0.3 is 11.9 Å². The highest BCUT2D eigenvalue weighted by Gasteiger charge is 2.65. The Morgan fingerprint density at radius 1 is 1.05 bits per heavy atom. The molecule has 2 unspecified atom stereocenters. The fourth-order valence-corrected chi connectivity index (χ4v) is 2.44. The Morgan fingerprint density at radius 2 is 1.63 bits per heavy atom. The molecule has 7 heteroatoms. The second-order valence-corrected chi connectivity index (χ2v) is 4.89. The minimum absolute atomic E-state index is 0.172. The third kappa shape index (κ3) is 2.41. The minimum Gasteiger partial charge on any atom is -0.479 e. The number of unbranched alkanes of at least 4 members (excludes halogenated alkanes) is 2. The monoisotopic (exact) mass is 271 g/mol. The van der Waals surface area contributed by atoms with Gasteiger partial charge in [-0.1, -0.05) is 44.8 Å². The second-order valence-electron chi connectivity index (χ2n) is 4.89. The van der Waals surface area contributed by atoms with Crippen molar-refractivity contribution in [1.82, 2.24) is 5.43 Å². The number of nitrogens with one attached hydrogen (secondary N) is 1. The maximum Gasteiger partial charge on any atom is 0.336 e. The van der Waals surface area contributed by atoms with E-state index in [0.29, 0.717) is 12.8 Å². The van der Waals surface area contributed by atoms with Crippen molar-refractivity contribution in [3.05, 3.63) is 0 Å². The van der Waals surface area contributed by atoms with Crippen LogP contribution in [0.3, 0.4) is 0 Å². The average molecular weight is 271 g/mol. The molecule has 0 bridgehead atoms. The van der Waals surface area contributed by atoms with Crippen LogP contribution < -0.4 is 5.43 Å². The first-order valence-electron chi connectivity index (χ1n) is 6.62. The van der Waals surface area contributed by atoms with Crippen LogP contribution in [0.1, 0.15) is 52.4 Å². The zero-order valence-corrected chi connectivity index (χ0v) is 11.3. The van der Waals surface area contributed by atoms with E-state index in [-0.39, 0.29) is 12.8 Å². The first-order chi connectivity index (χ1) is 8.97. The van der Waals surface area contributed by atoms with Gasteiger partial charge in [0.05, 0.1) is 0 Å². The third-order valence-corrected chi connectivity index (χ3v) is 3.68. The van der Waals surface area contributed by atoms with Gasteiger partial charge in [0.15, 0.2) is 5.54 Å². The van der Waals surface area contributed by atoms with Gasteiger partial charge in [-0.3, -0.25) is 5.43 Å². The summed E-state index contributed by atoms with van der Waals surface area (Å²) >= 11 is 0. The van der Waals surface area contributed by atoms with Crippen molar-refractivity contribution in [3.8, 4) is 0 Å². The van der Waals surface area contributed by atoms with E-state index in [1.807, 2.05) is 13.8 Å². The molecule has 0 fully saturated rings. The van der Waals surface area contributed by atoms with E-state index >= 15 is 0 Å². The molecule has 19 heavy (non-hydrogen) atoms. The standard InChI is InChI=1S/C12H21N3O4/c1-3-5-7-11(9(16)17)12(10(18)19,8-6-4-2)14-15-13-11/h3-8H2,1-2H3,(H,13,14)(H,16,17)(H,18,19). The topological polar surface area (TPSA) is 111 Å². The molecule has 1 aliphatic heterocycles. The molecular weight excluding hydrogens is 250 g/mol. The Morgan fingerprint density at radius 3 is 2.11 bits per heavy atom. The van der Waals surface area contributed by atoms with E-state index in [0.717, 1.165) is 12.8 Å². The molecule has 0 aromatic heterocycles. The predicted molar refractivity (Wildman–Crippen MR) is 67.8 cm³/mol. The summed E-state index contributed by atoms with van der Waals surface area (Å²) in [6.07, 6.45) is 3.11. The molecule has 0 amide bonds. The number of carbonyl (C=O) groups is 2. The van der Waals surface area contributed by atoms with E-state index in [9.17, 15) is 19.8 Å². The Bertz CT molecular complexity index is 385. The zero-order chi connectivity index (χ0) is 14.5. The van der Waals surface area contributed by atoms with Gasteiger partial charge < -0.3 is 10.2 Å². The lowest BCUT2D eigenvalue weighted by molar-refractivity contribution is -0.158. The molecule has 0 aromatic rings. The highest BCUT2D eigenvalue weighted by Crippen LogP contribution is 2.40. The molecule has 0 radical (unpaired) electrons. The SMILES string of the molecule is CCCCC1(C(=O)O)N=NNC1(CCCC)C(=O)O. The summed E-state index contributed by atoms with van der Waals surface area (Å²) in [5, 5.41) is 26.4. The van der Waals surface area contributed by atoms with E-state index in [1.54, 1.807) is 0 Å². The molecule has 0 aliphatic carbocycles. The van der Waals surface area contributed by atoms with Crippen molar-refractivity contribution >= 4 is 11.9 Å². The molecular formula is C12H21N3O4. The fourth-order valence-electron chi connectivity index (χ4n) is 2.44. The number of hydrogen-bond donors (Lipinski definition) is 3. The molecule has 1 heterocycles. The molecule has 0 spiro atoms. The second kappa shape index (κ2) is 5.99. The molecule has 108 valence electrons. The van der Waals surface area contributed by atoms with Gasteiger partial charge in [-0.05, 0) is 12.8 Å². The van der Waals surface area contributed by atoms with E-state index in [4.69, 9.17) is 0 Å². The zero-order valence-electron chi connectivity index (χ0n) is 11.3. The molecule has 1 rings (SSSR count). The molecule has 2 atom stereocenters. The normalized spacial score (nSPS) is 29.2. The van der Waals surface area contributed by atoms with Gasteiger partial charge in [-0.2, -0.15) is 0 Å². The van der Waals surface area contributed by atoms with E-state index in [1.165, 1.54) is 0 Å². The first kappa shape index (κ1) is 15.4. The number of rotatable bonds is 8. The maximum absolute atomic E-state index is 11.7. The molecule has 0 aromatic carbocycles. The summed E-state index contributed by atoms with van der Waals surface area (Å²) in [5.41, 5.74) is -0.876. The van der Waals surface area contributed by atoms with Crippen molar-refractivity contribution in [3.63, 3.8) is 0 Å². The van der Waals surface area contributed by atoms with Gasteiger partial charge in [0.2, 0.25) is 5.54 Å². The number of hydrogen-bond acceptors (Lipinski definition) is 5. The van der Waals surface area contributed by atoms with Gasteiger partial charge in [0.25, 0.3) is 0 Å². The summed E-state index contributed by atoms with van der Waals surface area (Å²) in [4.78, 5) is 23.3. The van der Waals surface area contributed by atoms with Crippen LogP contribution in [-0.2, 0) is 9.59 Å². The van der Waals surface area contributed by atoms with Crippen LogP contribution in [0.25, 0.3) is 0 Å². The lowest BCUT2D eigenvalue weighted by Gasteiger charge is -2.36. The Balaban J connectivity index is 3.18.